The largest absolute Gasteiger partial charge is 0.380 e. The van der Waals surface area contributed by atoms with Crippen molar-refractivity contribution in [2.45, 2.75) is 26.9 Å². The molecule has 0 radical (unpaired) electrons. The standard InChI is InChI=1S/C13H28N2O2/c1-4-14-9-13-10-15(6-8-17-13)5-7-16-11-12(2)3/h12-14H,4-11H2,1-3H3/t13-/m0/s1. The van der Waals surface area contributed by atoms with Crippen molar-refractivity contribution in [3.05, 3.63) is 0 Å². The number of likely N-dealkylation sites (N-methyl/N-ethyl adjacent to an activating group) is 1. The van der Waals surface area contributed by atoms with Gasteiger partial charge in [0.2, 0.25) is 0 Å². The predicted molar refractivity (Wildman–Crippen MR) is 70.4 cm³/mol. The highest BCUT2D eigenvalue weighted by Crippen LogP contribution is 2.04. The first-order valence-corrected chi connectivity index (χ1v) is 6.84. The maximum Gasteiger partial charge on any atom is 0.0826 e. The van der Waals surface area contributed by atoms with Gasteiger partial charge in [0.05, 0.1) is 19.3 Å². The number of rotatable bonds is 8. The average molecular weight is 244 g/mol. The van der Waals surface area contributed by atoms with Gasteiger partial charge in [-0.05, 0) is 12.5 Å². The van der Waals surface area contributed by atoms with E-state index < -0.39 is 0 Å². The molecule has 102 valence electrons. The van der Waals surface area contributed by atoms with Gasteiger partial charge in [-0.2, -0.15) is 0 Å². The lowest BCUT2D eigenvalue weighted by molar-refractivity contribution is -0.0356. The molecule has 17 heavy (non-hydrogen) atoms. The van der Waals surface area contributed by atoms with Crippen LogP contribution < -0.4 is 5.32 Å². The highest BCUT2D eigenvalue weighted by atomic mass is 16.5. The minimum absolute atomic E-state index is 0.341. The second-order valence-electron chi connectivity index (χ2n) is 5.07. The summed E-state index contributed by atoms with van der Waals surface area (Å²) in [7, 11) is 0. The SMILES string of the molecule is CCNC[C@H]1CN(CCOCC(C)C)CCO1. The third-order valence-corrected chi connectivity index (χ3v) is 2.85. The molecule has 0 aromatic heterocycles. The van der Waals surface area contributed by atoms with Crippen LogP contribution in [0.15, 0.2) is 0 Å². The summed E-state index contributed by atoms with van der Waals surface area (Å²) in [6, 6.07) is 0. The minimum atomic E-state index is 0.341. The Morgan fingerprint density at radius 3 is 3.00 bits per heavy atom. The number of nitrogens with zero attached hydrogens (tertiary/aromatic N) is 1. The quantitative estimate of drug-likeness (QED) is 0.645. The molecule has 0 spiro atoms. The number of nitrogens with one attached hydrogen (secondary N) is 1. The summed E-state index contributed by atoms with van der Waals surface area (Å²) in [5.74, 6) is 0.626. The molecule has 1 rings (SSSR count). The first-order chi connectivity index (χ1) is 8.22. The topological polar surface area (TPSA) is 33.7 Å². The molecule has 1 saturated heterocycles. The van der Waals surface area contributed by atoms with Gasteiger partial charge in [0.25, 0.3) is 0 Å². The Morgan fingerprint density at radius 2 is 2.29 bits per heavy atom. The summed E-state index contributed by atoms with van der Waals surface area (Å²) in [5.41, 5.74) is 0. The predicted octanol–water partition coefficient (Wildman–Crippen LogP) is 0.969. The normalized spacial score (nSPS) is 22.2. The first kappa shape index (κ1) is 14.9. The van der Waals surface area contributed by atoms with E-state index in [9.17, 15) is 0 Å². The molecular formula is C13H28N2O2. The lowest BCUT2D eigenvalue weighted by Gasteiger charge is -2.32. The Hall–Kier alpha value is -0.160. The molecule has 1 aliphatic rings. The first-order valence-electron chi connectivity index (χ1n) is 6.84. The van der Waals surface area contributed by atoms with Crippen molar-refractivity contribution in [2.75, 3.05) is 52.5 Å². The fourth-order valence-electron chi connectivity index (χ4n) is 1.93. The number of morpholine rings is 1. The van der Waals surface area contributed by atoms with Crippen molar-refractivity contribution in [3.8, 4) is 0 Å². The van der Waals surface area contributed by atoms with E-state index in [0.717, 1.165) is 52.5 Å². The summed E-state index contributed by atoms with van der Waals surface area (Å²) in [5, 5.41) is 3.34. The molecule has 0 bridgehead atoms. The van der Waals surface area contributed by atoms with Gasteiger partial charge in [-0.1, -0.05) is 20.8 Å². The van der Waals surface area contributed by atoms with Crippen molar-refractivity contribution in [1.82, 2.24) is 10.2 Å². The smallest absolute Gasteiger partial charge is 0.0826 e. The van der Waals surface area contributed by atoms with Crippen LogP contribution in [0.3, 0.4) is 0 Å². The van der Waals surface area contributed by atoms with Crippen molar-refractivity contribution < 1.29 is 9.47 Å². The Kier molecular flexibility index (Phi) is 7.77. The molecule has 4 nitrogen and oxygen atoms in total. The monoisotopic (exact) mass is 244 g/mol. The van der Waals surface area contributed by atoms with E-state index in [1.807, 2.05) is 0 Å². The number of hydrogen-bond acceptors (Lipinski definition) is 4. The molecule has 0 aromatic carbocycles. The highest BCUT2D eigenvalue weighted by molar-refractivity contribution is 4.73. The van der Waals surface area contributed by atoms with Gasteiger partial charge < -0.3 is 14.8 Å². The van der Waals surface area contributed by atoms with Crippen molar-refractivity contribution in [2.24, 2.45) is 5.92 Å². The van der Waals surface area contributed by atoms with E-state index >= 15 is 0 Å². The Morgan fingerprint density at radius 1 is 1.47 bits per heavy atom. The van der Waals surface area contributed by atoms with Crippen LogP contribution in [0.2, 0.25) is 0 Å². The van der Waals surface area contributed by atoms with Gasteiger partial charge in [-0.25, -0.2) is 0 Å². The summed E-state index contributed by atoms with van der Waals surface area (Å²) in [6.07, 6.45) is 0.341. The van der Waals surface area contributed by atoms with Crippen LogP contribution in [-0.4, -0.2) is 63.5 Å². The molecule has 1 fully saturated rings. The third-order valence-electron chi connectivity index (χ3n) is 2.85. The molecule has 0 saturated carbocycles. The zero-order valence-electron chi connectivity index (χ0n) is 11.6. The Labute approximate surface area is 106 Å². The second kappa shape index (κ2) is 8.86. The van der Waals surface area contributed by atoms with E-state index in [4.69, 9.17) is 9.47 Å². The van der Waals surface area contributed by atoms with Crippen LogP contribution in [0.4, 0.5) is 0 Å². The summed E-state index contributed by atoms with van der Waals surface area (Å²) in [6.45, 7) is 14.1. The summed E-state index contributed by atoms with van der Waals surface area (Å²) >= 11 is 0. The lowest BCUT2D eigenvalue weighted by Crippen LogP contribution is -2.47. The third kappa shape index (κ3) is 6.99. The average Bonchev–Trinajstić information content (AvgIpc) is 2.32. The fourth-order valence-corrected chi connectivity index (χ4v) is 1.93. The molecule has 0 amide bonds. The van der Waals surface area contributed by atoms with E-state index in [0.29, 0.717) is 12.0 Å². The number of ether oxygens (including phenoxy) is 2. The van der Waals surface area contributed by atoms with Crippen LogP contribution in [-0.2, 0) is 9.47 Å². The van der Waals surface area contributed by atoms with Crippen LogP contribution in [0, 0.1) is 5.92 Å². The van der Waals surface area contributed by atoms with Crippen molar-refractivity contribution in [3.63, 3.8) is 0 Å². The zero-order valence-corrected chi connectivity index (χ0v) is 11.6. The molecular weight excluding hydrogens is 216 g/mol. The Balaban J connectivity index is 2.07. The molecule has 1 N–H and O–H groups in total. The van der Waals surface area contributed by atoms with Crippen LogP contribution in [0.1, 0.15) is 20.8 Å². The Bertz CT molecular complexity index is 188. The summed E-state index contributed by atoms with van der Waals surface area (Å²) in [4.78, 5) is 2.44. The second-order valence-corrected chi connectivity index (χ2v) is 5.07. The van der Waals surface area contributed by atoms with Gasteiger partial charge in [0, 0.05) is 32.8 Å². The molecule has 1 atom stereocenters. The molecule has 0 aliphatic carbocycles. The van der Waals surface area contributed by atoms with E-state index in [1.165, 1.54) is 0 Å². The van der Waals surface area contributed by atoms with Crippen LogP contribution in [0.25, 0.3) is 0 Å². The fraction of sp³-hybridized carbons (Fsp3) is 1.00. The summed E-state index contributed by atoms with van der Waals surface area (Å²) < 4.78 is 11.3. The minimum Gasteiger partial charge on any atom is -0.380 e. The van der Waals surface area contributed by atoms with Gasteiger partial charge in [0.1, 0.15) is 0 Å². The maximum absolute atomic E-state index is 5.71. The highest BCUT2D eigenvalue weighted by Gasteiger charge is 2.19. The van der Waals surface area contributed by atoms with Crippen molar-refractivity contribution in [1.29, 1.82) is 0 Å². The van der Waals surface area contributed by atoms with E-state index in [2.05, 4.69) is 31.0 Å². The zero-order chi connectivity index (χ0) is 12.5. The number of hydrogen-bond donors (Lipinski definition) is 1. The molecule has 0 unspecified atom stereocenters. The van der Waals surface area contributed by atoms with Crippen molar-refractivity contribution >= 4 is 0 Å². The van der Waals surface area contributed by atoms with Gasteiger partial charge in [-0.15, -0.1) is 0 Å². The van der Waals surface area contributed by atoms with Gasteiger partial charge in [0.15, 0.2) is 0 Å². The van der Waals surface area contributed by atoms with Gasteiger partial charge in [-0.3, -0.25) is 4.90 Å². The van der Waals surface area contributed by atoms with E-state index in [1.54, 1.807) is 0 Å². The molecule has 1 aliphatic heterocycles. The maximum atomic E-state index is 5.71. The van der Waals surface area contributed by atoms with Crippen LogP contribution >= 0.6 is 0 Å². The van der Waals surface area contributed by atoms with Gasteiger partial charge >= 0.3 is 0 Å². The lowest BCUT2D eigenvalue weighted by atomic mass is 10.2. The molecule has 0 aromatic rings. The molecule has 4 heteroatoms. The van der Waals surface area contributed by atoms with Crippen LogP contribution in [0.5, 0.6) is 0 Å². The van der Waals surface area contributed by atoms with E-state index in [-0.39, 0.29) is 0 Å². The molecule has 1 heterocycles.